The maximum Gasteiger partial charge on any atom is 0.136 e. The third kappa shape index (κ3) is 6.33. The minimum Gasteiger partial charge on any atom is -0.507 e. The van der Waals surface area contributed by atoms with Gasteiger partial charge in [-0.2, -0.15) is 0 Å². The molecule has 6 heteroatoms. The number of phenols is 1. The van der Waals surface area contributed by atoms with Crippen LogP contribution in [0.15, 0.2) is 173 Å². The van der Waals surface area contributed by atoms with Crippen molar-refractivity contribution in [1.82, 2.24) is 9.97 Å². The first-order chi connectivity index (χ1) is 26.5. The molecule has 1 N–H and O–H groups in total. The maximum absolute atomic E-state index is 11.4. The maximum atomic E-state index is 11.4. The number of hydrogen-bond acceptors (Lipinski definition) is 5. The van der Waals surface area contributed by atoms with Gasteiger partial charge in [0.25, 0.3) is 0 Å². The van der Waals surface area contributed by atoms with E-state index in [0.29, 0.717) is 11.3 Å². The second kappa shape index (κ2) is 14.0. The van der Waals surface area contributed by atoms with Gasteiger partial charge < -0.3 is 13.9 Å². The molecule has 4 aromatic heterocycles. The Balaban J connectivity index is 0.00000397. The van der Waals surface area contributed by atoms with E-state index in [-0.39, 0.29) is 26.8 Å². The van der Waals surface area contributed by atoms with E-state index in [2.05, 4.69) is 42.5 Å². The summed E-state index contributed by atoms with van der Waals surface area (Å²) in [4.78, 5) is 10.0. The number of rotatable bonds is 6. The molecule has 0 unspecified atom stereocenters. The van der Waals surface area contributed by atoms with E-state index in [1.54, 1.807) is 0 Å². The first-order valence-corrected chi connectivity index (χ1v) is 17.9. The van der Waals surface area contributed by atoms with E-state index >= 15 is 0 Å². The van der Waals surface area contributed by atoms with Gasteiger partial charge in [-0.25, -0.2) is 0 Å². The fraction of sp³-hybridized carbons (Fsp3) is 0.0204. The second-order valence-electron chi connectivity index (χ2n) is 13.5. The number of benzene rings is 6. The van der Waals surface area contributed by atoms with E-state index in [0.717, 1.165) is 94.7 Å². The summed E-state index contributed by atoms with van der Waals surface area (Å²) < 4.78 is 12.6. The van der Waals surface area contributed by atoms with Gasteiger partial charge in [0.1, 0.15) is 28.4 Å². The number of para-hydroxylation sites is 1. The minimum absolute atomic E-state index is 0. The molecule has 0 aliphatic heterocycles. The van der Waals surface area contributed by atoms with Gasteiger partial charge in [-0.1, -0.05) is 108 Å². The van der Waals surface area contributed by atoms with Gasteiger partial charge in [0, 0.05) is 71.0 Å². The van der Waals surface area contributed by atoms with E-state index in [1.165, 1.54) is 0 Å². The third-order valence-corrected chi connectivity index (χ3v) is 9.96. The molecule has 4 heterocycles. The molecule has 266 valence electrons. The number of pyridine rings is 2. The Morgan fingerprint density at radius 1 is 0.473 bits per heavy atom. The first kappa shape index (κ1) is 34.2. The molecule has 55 heavy (non-hydrogen) atoms. The molecule has 0 fully saturated rings. The van der Waals surface area contributed by atoms with Crippen LogP contribution in [0.4, 0.5) is 0 Å². The van der Waals surface area contributed by atoms with Crippen molar-refractivity contribution in [3.05, 3.63) is 176 Å². The SMILES string of the molecule is Cc1cc(-c2ccc(-c3ccc4c(c3)oc3ccccc34)o2)cc(-c2[c-]c(-c3cc(-c4ccccc4)cc(-c4ccc5ccccc5c4O)n3)ccc2)n1.[Pt]. The van der Waals surface area contributed by atoms with Crippen LogP contribution in [0.3, 0.4) is 0 Å². The van der Waals surface area contributed by atoms with Gasteiger partial charge in [-0.05, 0) is 72.0 Å². The number of aromatic hydroxyl groups is 1. The predicted octanol–water partition coefficient (Wildman–Crippen LogP) is 12.9. The molecule has 0 spiro atoms. The number of nitrogens with zero attached hydrogens (tertiary/aromatic N) is 2. The largest absolute Gasteiger partial charge is 0.507 e. The fourth-order valence-corrected chi connectivity index (χ4v) is 7.31. The predicted molar refractivity (Wildman–Crippen MR) is 217 cm³/mol. The van der Waals surface area contributed by atoms with Crippen molar-refractivity contribution in [2.24, 2.45) is 0 Å². The molecular formula is C49H31N2O3Pt-. The number of hydrogen-bond donors (Lipinski definition) is 1. The number of fused-ring (bicyclic) bond motifs is 4. The van der Waals surface area contributed by atoms with Crippen LogP contribution in [-0.4, -0.2) is 15.1 Å². The van der Waals surface area contributed by atoms with Crippen molar-refractivity contribution >= 4 is 32.7 Å². The van der Waals surface area contributed by atoms with Crippen LogP contribution in [0, 0.1) is 13.0 Å². The van der Waals surface area contributed by atoms with Crippen molar-refractivity contribution in [3.63, 3.8) is 0 Å². The molecule has 0 saturated heterocycles. The Bertz CT molecular complexity index is 3040. The van der Waals surface area contributed by atoms with Gasteiger partial charge in [0.05, 0.1) is 5.69 Å². The number of aryl methyl sites for hydroxylation is 1. The summed E-state index contributed by atoms with van der Waals surface area (Å²) in [7, 11) is 0. The van der Waals surface area contributed by atoms with Crippen LogP contribution in [-0.2, 0) is 21.1 Å². The molecule has 5 nitrogen and oxygen atoms in total. The van der Waals surface area contributed by atoms with Gasteiger partial charge in [-0.15, -0.1) is 24.3 Å². The van der Waals surface area contributed by atoms with Crippen molar-refractivity contribution in [2.45, 2.75) is 6.92 Å². The van der Waals surface area contributed by atoms with Crippen LogP contribution in [0.2, 0.25) is 0 Å². The van der Waals surface area contributed by atoms with Gasteiger partial charge in [0.2, 0.25) is 0 Å². The average Bonchev–Trinajstić information content (AvgIpc) is 3.87. The number of aromatic nitrogens is 2. The quantitative estimate of drug-likeness (QED) is 0.168. The number of phenolic OH excluding ortho intramolecular Hbond substituents is 1. The van der Waals surface area contributed by atoms with Gasteiger partial charge >= 0.3 is 0 Å². The van der Waals surface area contributed by atoms with Crippen molar-refractivity contribution in [2.75, 3.05) is 0 Å². The van der Waals surface area contributed by atoms with Gasteiger partial charge in [0.15, 0.2) is 0 Å². The monoisotopic (exact) mass is 890 g/mol. The summed E-state index contributed by atoms with van der Waals surface area (Å²) in [6.07, 6.45) is 0. The van der Waals surface area contributed by atoms with Crippen molar-refractivity contribution in [1.29, 1.82) is 0 Å². The van der Waals surface area contributed by atoms with Crippen LogP contribution in [0.25, 0.3) is 100 Å². The Morgan fingerprint density at radius 2 is 1.15 bits per heavy atom. The molecule has 0 atom stereocenters. The summed E-state index contributed by atoms with van der Waals surface area (Å²) in [6.45, 7) is 1.99. The molecule has 0 radical (unpaired) electrons. The van der Waals surface area contributed by atoms with Crippen LogP contribution >= 0.6 is 0 Å². The normalized spacial score (nSPS) is 11.3. The second-order valence-corrected chi connectivity index (χ2v) is 13.5. The molecule has 0 amide bonds. The van der Waals surface area contributed by atoms with Crippen LogP contribution < -0.4 is 0 Å². The average molecular weight is 891 g/mol. The molecule has 6 aromatic carbocycles. The molecule has 0 aliphatic rings. The zero-order chi connectivity index (χ0) is 36.2. The zero-order valence-corrected chi connectivity index (χ0v) is 31.8. The Labute approximate surface area is 331 Å². The molecule has 10 aromatic rings. The summed E-state index contributed by atoms with van der Waals surface area (Å²) in [5, 5.41) is 15.4. The zero-order valence-electron chi connectivity index (χ0n) is 29.6. The summed E-state index contributed by atoms with van der Waals surface area (Å²) in [5.41, 5.74) is 11.0. The Kier molecular flexibility index (Phi) is 8.73. The van der Waals surface area contributed by atoms with Crippen molar-refractivity contribution < 1.29 is 35.0 Å². The summed E-state index contributed by atoms with van der Waals surface area (Å²) >= 11 is 0. The standard InChI is InChI=1S/C49H31N2O3.Pt/c1-30-24-37(46-23-22-45(53-46)35-19-20-40-39-16-7-8-17-47(39)54-48(40)29-35)28-42(50-30)33-13-9-14-34(25-33)43-26-36(31-10-3-2-4-11-31)27-44(51-43)41-21-18-32-12-5-6-15-38(32)49(41)52;/h2-24,26-29,52H,1H3;/q-1;. The van der Waals surface area contributed by atoms with Gasteiger partial charge in [-0.3, -0.25) is 9.97 Å². The van der Waals surface area contributed by atoms with Crippen LogP contribution in [0.1, 0.15) is 5.69 Å². The Hall–Kier alpha value is -6.55. The van der Waals surface area contributed by atoms with E-state index in [9.17, 15) is 5.11 Å². The molecular weight excluding hydrogens is 860 g/mol. The first-order valence-electron chi connectivity index (χ1n) is 17.9. The van der Waals surface area contributed by atoms with E-state index in [1.807, 2.05) is 134 Å². The van der Waals surface area contributed by atoms with E-state index in [4.69, 9.17) is 18.8 Å². The Morgan fingerprint density at radius 3 is 1.98 bits per heavy atom. The fourth-order valence-electron chi connectivity index (χ4n) is 7.31. The topological polar surface area (TPSA) is 72.3 Å². The molecule has 0 bridgehead atoms. The van der Waals surface area contributed by atoms with Crippen molar-refractivity contribution in [3.8, 4) is 73.3 Å². The molecule has 0 aliphatic carbocycles. The van der Waals surface area contributed by atoms with Crippen LogP contribution in [0.5, 0.6) is 5.75 Å². The van der Waals surface area contributed by atoms with E-state index < -0.39 is 0 Å². The molecule has 0 saturated carbocycles. The summed E-state index contributed by atoms with van der Waals surface area (Å²) in [5.74, 6) is 1.71. The number of furan rings is 2. The third-order valence-electron chi connectivity index (χ3n) is 9.96. The minimum atomic E-state index is 0. The smallest absolute Gasteiger partial charge is 0.136 e. The summed E-state index contributed by atoms with van der Waals surface area (Å²) in [6, 6.07) is 58.1. The molecule has 10 rings (SSSR count).